The topological polar surface area (TPSA) is 61.9 Å². The maximum absolute atomic E-state index is 11.8. The molecule has 0 aliphatic carbocycles. The van der Waals surface area contributed by atoms with Gasteiger partial charge in [0.1, 0.15) is 0 Å². The molecule has 2 rings (SSSR count). The Kier molecular flexibility index (Phi) is 3.66. The van der Waals surface area contributed by atoms with Gasteiger partial charge in [0.15, 0.2) is 5.96 Å². The SMILES string of the molecule is CCN1CCCC(C2CC(=O)N(C)C(N)=N2)C1. The van der Waals surface area contributed by atoms with Gasteiger partial charge in [-0.2, -0.15) is 0 Å². The molecule has 0 aromatic heterocycles. The van der Waals surface area contributed by atoms with Crippen LogP contribution in [-0.2, 0) is 4.79 Å². The summed E-state index contributed by atoms with van der Waals surface area (Å²) in [4.78, 5) is 20.1. The first-order valence-electron chi connectivity index (χ1n) is 6.44. The van der Waals surface area contributed by atoms with Crippen molar-refractivity contribution in [1.82, 2.24) is 9.80 Å². The molecule has 1 fully saturated rings. The van der Waals surface area contributed by atoms with E-state index in [1.165, 1.54) is 17.9 Å². The number of carbonyl (C=O) groups excluding carboxylic acids is 1. The fraction of sp³-hybridized carbons (Fsp3) is 0.833. The van der Waals surface area contributed by atoms with Gasteiger partial charge in [-0.3, -0.25) is 9.69 Å². The molecule has 0 spiro atoms. The molecule has 1 amide bonds. The average Bonchev–Trinajstić information content (AvgIpc) is 2.35. The van der Waals surface area contributed by atoms with Crippen LogP contribution < -0.4 is 5.73 Å². The summed E-state index contributed by atoms with van der Waals surface area (Å²) in [6.45, 7) is 5.48. The van der Waals surface area contributed by atoms with Crippen LogP contribution in [0.3, 0.4) is 0 Å². The number of nitrogens with zero attached hydrogens (tertiary/aromatic N) is 3. The van der Waals surface area contributed by atoms with E-state index >= 15 is 0 Å². The van der Waals surface area contributed by atoms with Gasteiger partial charge in [0.25, 0.3) is 0 Å². The Hall–Kier alpha value is -1.10. The van der Waals surface area contributed by atoms with Gasteiger partial charge in [0, 0.05) is 13.6 Å². The summed E-state index contributed by atoms with van der Waals surface area (Å²) in [5.74, 6) is 0.955. The lowest BCUT2D eigenvalue weighted by molar-refractivity contribution is -0.127. The van der Waals surface area contributed by atoms with Gasteiger partial charge < -0.3 is 10.6 Å². The average molecular weight is 238 g/mol. The molecular weight excluding hydrogens is 216 g/mol. The standard InChI is InChI=1S/C12H22N4O/c1-3-16-6-4-5-9(8-16)10-7-11(17)15(2)12(13)14-10/h9-10H,3-8H2,1-2H3,(H2,13,14). The van der Waals surface area contributed by atoms with Crippen LogP contribution in [0, 0.1) is 5.92 Å². The van der Waals surface area contributed by atoms with Gasteiger partial charge in [0.2, 0.25) is 5.91 Å². The summed E-state index contributed by atoms with van der Waals surface area (Å²) in [6, 6.07) is 0.0908. The zero-order valence-corrected chi connectivity index (χ0v) is 10.7. The molecule has 0 saturated carbocycles. The number of amides is 1. The maximum atomic E-state index is 11.8. The molecule has 0 aromatic carbocycles. The summed E-state index contributed by atoms with van der Waals surface area (Å²) in [5, 5.41) is 0. The second-order valence-electron chi connectivity index (χ2n) is 5.01. The number of hydrogen-bond acceptors (Lipinski definition) is 4. The molecule has 2 unspecified atom stereocenters. The monoisotopic (exact) mass is 238 g/mol. The summed E-state index contributed by atoms with van der Waals surface area (Å²) in [5.41, 5.74) is 5.77. The Morgan fingerprint density at radius 2 is 2.29 bits per heavy atom. The number of hydrogen-bond donors (Lipinski definition) is 1. The van der Waals surface area contributed by atoms with Crippen LogP contribution in [0.25, 0.3) is 0 Å². The fourth-order valence-electron chi connectivity index (χ4n) is 2.71. The van der Waals surface area contributed by atoms with E-state index in [1.54, 1.807) is 7.05 Å². The van der Waals surface area contributed by atoms with Crippen molar-refractivity contribution >= 4 is 11.9 Å². The van der Waals surface area contributed by atoms with Crippen LogP contribution >= 0.6 is 0 Å². The predicted molar refractivity (Wildman–Crippen MR) is 67.6 cm³/mol. The van der Waals surface area contributed by atoms with Crippen molar-refractivity contribution in [3.63, 3.8) is 0 Å². The van der Waals surface area contributed by atoms with Crippen molar-refractivity contribution in [1.29, 1.82) is 0 Å². The van der Waals surface area contributed by atoms with Gasteiger partial charge in [-0.05, 0) is 31.8 Å². The Balaban J connectivity index is 2.05. The van der Waals surface area contributed by atoms with E-state index in [9.17, 15) is 4.79 Å². The summed E-state index contributed by atoms with van der Waals surface area (Å²) < 4.78 is 0. The Morgan fingerprint density at radius 1 is 1.53 bits per heavy atom. The molecular formula is C12H22N4O. The zero-order chi connectivity index (χ0) is 12.4. The highest BCUT2D eigenvalue weighted by molar-refractivity contribution is 5.98. The first kappa shape index (κ1) is 12.4. The minimum Gasteiger partial charge on any atom is -0.369 e. The van der Waals surface area contributed by atoms with E-state index in [0.29, 0.717) is 18.3 Å². The number of piperidine rings is 1. The van der Waals surface area contributed by atoms with Gasteiger partial charge in [-0.15, -0.1) is 0 Å². The molecule has 17 heavy (non-hydrogen) atoms. The van der Waals surface area contributed by atoms with Crippen LogP contribution in [0.15, 0.2) is 4.99 Å². The van der Waals surface area contributed by atoms with Gasteiger partial charge in [-0.1, -0.05) is 6.92 Å². The first-order valence-corrected chi connectivity index (χ1v) is 6.44. The summed E-state index contributed by atoms with van der Waals surface area (Å²) in [6.07, 6.45) is 2.88. The molecule has 2 atom stereocenters. The molecule has 96 valence electrons. The number of guanidine groups is 1. The van der Waals surface area contributed by atoms with E-state index in [0.717, 1.165) is 19.5 Å². The van der Waals surface area contributed by atoms with Crippen molar-refractivity contribution < 1.29 is 4.79 Å². The van der Waals surface area contributed by atoms with Crippen molar-refractivity contribution in [2.45, 2.75) is 32.2 Å². The molecule has 1 saturated heterocycles. The van der Waals surface area contributed by atoms with Crippen molar-refractivity contribution in [3.8, 4) is 0 Å². The summed E-state index contributed by atoms with van der Waals surface area (Å²) in [7, 11) is 1.69. The first-order chi connectivity index (χ1) is 8.11. The minimum absolute atomic E-state index is 0.0908. The number of rotatable bonds is 2. The third-order valence-electron chi connectivity index (χ3n) is 3.93. The number of carbonyl (C=O) groups is 1. The largest absolute Gasteiger partial charge is 0.369 e. The van der Waals surface area contributed by atoms with Crippen LogP contribution in [0.5, 0.6) is 0 Å². The second kappa shape index (κ2) is 5.04. The molecule has 5 heteroatoms. The van der Waals surface area contributed by atoms with Crippen molar-refractivity contribution in [2.24, 2.45) is 16.6 Å². The van der Waals surface area contributed by atoms with E-state index < -0.39 is 0 Å². The van der Waals surface area contributed by atoms with E-state index in [-0.39, 0.29) is 11.9 Å². The van der Waals surface area contributed by atoms with Crippen LogP contribution in [0.4, 0.5) is 0 Å². The Bertz CT molecular complexity index is 328. The lowest BCUT2D eigenvalue weighted by Crippen LogP contribution is -2.48. The number of aliphatic imine (C=N–C) groups is 1. The molecule has 0 radical (unpaired) electrons. The lowest BCUT2D eigenvalue weighted by atomic mass is 9.88. The van der Waals surface area contributed by atoms with E-state index in [2.05, 4.69) is 16.8 Å². The minimum atomic E-state index is 0.0908. The van der Waals surface area contributed by atoms with Crippen LogP contribution in [0.1, 0.15) is 26.2 Å². The molecule has 2 aliphatic rings. The molecule has 2 aliphatic heterocycles. The zero-order valence-electron chi connectivity index (χ0n) is 10.7. The van der Waals surface area contributed by atoms with Crippen molar-refractivity contribution in [3.05, 3.63) is 0 Å². The highest BCUT2D eigenvalue weighted by atomic mass is 16.2. The second-order valence-corrected chi connectivity index (χ2v) is 5.01. The number of likely N-dealkylation sites (tertiary alicyclic amines) is 1. The Morgan fingerprint density at radius 3 is 2.94 bits per heavy atom. The third-order valence-corrected chi connectivity index (χ3v) is 3.93. The lowest BCUT2D eigenvalue weighted by Gasteiger charge is -2.37. The van der Waals surface area contributed by atoms with Crippen LogP contribution in [0.2, 0.25) is 0 Å². The maximum Gasteiger partial charge on any atom is 0.231 e. The van der Waals surface area contributed by atoms with Gasteiger partial charge >= 0.3 is 0 Å². The molecule has 0 aromatic rings. The van der Waals surface area contributed by atoms with E-state index in [4.69, 9.17) is 5.73 Å². The van der Waals surface area contributed by atoms with E-state index in [1.807, 2.05) is 0 Å². The normalized spacial score (nSPS) is 31.5. The quantitative estimate of drug-likeness (QED) is 0.751. The third kappa shape index (κ3) is 2.60. The molecule has 0 bridgehead atoms. The Labute approximate surface area is 103 Å². The highest BCUT2D eigenvalue weighted by Gasteiger charge is 2.32. The van der Waals surface area contributed by atoms with Crippen LogP contribution in [-0.4, -0.2) is 54.4 Å². The van der Waals surface area contributed by atoms with Gasteiger partial charge in [-0.25, -0.2) is 4.99 Å². The van der Waals surface area contributed by atoms with Gasteiger partial charge in [0.05, 0.1) is 12.5 Å². The number of nitrogens with two attached hydrogens (primary N) is 1. The molecule has 2 N–H and O–H groups in total. The summed E-state index contributed by atoms with van der Waals surface area (Å²) >= 11 is 0. The predicted octanol–water partition coefficient (Wildman–Crippen LogP) is 0.264. The molecule has 2 heterocycles. The highest BCUT2D eigenvalue weighted by Crippen LogP contribution is 2.25. The van der Waals surface area contributed by atoms with Crippen molar-refractivity contribution in [2.75, 3.05) is 26.7 Å². The molecule has 5 nitrogen and oxygen atoms in total. The fourth-order valence-corrected chi connectivity index (χ4v) is 2.71. The smallest absolute Gasteiger partial charge is 0.231 e.